The van der Waals surface area contributed by atoms with Crippen molar-refractivity contribution < 1.29 is 28.5 Å². The molecule has 0 radical (unpaired) electrons. The Kier molecular flexibility index (Phi) is 16.7. The zero-order valence-electron chi connectivity index (χ0n) is 34.1. The summed E-state index contributed by atoms with van der Waals surface area (Å²) in [5, 5.41) is 10.8. The first kappa shape index (κ1) is 45.1. The van der Waals surface area contributed by atoms with Gasteiger partial charge in [-0.15, -0.1) is 26.3 Å². The van der Waals surface area contributed by atoms with Crippen LogP contribution in [0.2, 0.25) is 18.1 Å². The first-order valence-corrected chi connectivity index (χ1v) is 24.9. The Morgan fingerprint density at radius 3 is 1.53 bits per heavy atom. The maximum atomic E-state index is 10.8. The number of aliphatic hydroxyl groups is 1. The standard InChI is InChI=1S/C25H44O3Si.C19H30O3.S2/c1-7-13-24-14-11-12-21(23(24)25(16-15-24)26-17-18-27-25)22(19-20(5)6)28-29(8-2,9-3)10-4;1-4-7-18-8-5-6-15(16(20)13-14(2)3)17(18)19(10-9-18)21-11-12-22-19;1-2/h7,21-23H,1,5,8-19H2,2-4,6H3;4,15-17,20H,1-2,5-13H2,3H3;/t21?,22-,23?,24?;15?,16-,17?,18?;/m00./s1. The maximum absolute atomic E-state index is 10.8. The lowest BCUT2D eigenvalue weighted by Gasteiger charge is -2.51. The molecule has 0 aromatic rings. The number of rotatable bonds is 15. The lowest BCUT2D eigenvalue weighted by atomic mass is 9.59. The SMILES string of the molecule is C=CCC12CCCC([C@@H](O)CC(=C)C)C1C1(CC2)OCCO1.C=CCC12CCCC([C@H](CC(=C)C)O[Si](CC)(CC)CC)C1C1(CC2)OCCO1.S=S. The van der Waals surface area contributed by atoms with E-state index >= 15 is 0 Å². The van der Waals surface area contributed by atoms with Crippen molar-refractivity contribution in [3.05, 3.63) is 49.6 Å². The van der Waals surface area contributed by atoms with Gasteiger partial charge < -0.3 is 28.5 Å². The molecule has 0 amide bonds. The summed E-state index contributed by atoms with van der Waals surface area (Å²) in [6.45, 7) is 30.4. The van der Waals surface area contributed by atoms with Crippen LogP contribution >= 0.6 is 0 Å². The molecule has 6 rings (SSSR count). The minimum absolute atomic E-state index is 0.199. The summed E-state index contributed by atoms with van der Waals surface area (Å²) in [7, 11) is -1.71. The molecule has 0 bridgehead atoms. The van der Waals surface area contributed by atoms with Gasteiger partial charge in [-0.05, 0) is 119 Å². The quantitative estimate of drug-likeness (QED) is 0.130. The van der Waals surface area contributed by atoms with Gasteiger partial charge in [0, 0.05) is 47.1 Å². The monoisotopic (exact) mass is 790 g/mol. The highest BCUT2D eigenvalue weighted by atomic mass is 32.8. The topological polar surface area (TPSA) is 66.4 Å². The lowest BCUT2D eigenvalue weighted by molar-refractivity contribution is -0.223. The molecule has 6 unspecified atom stereocenters. The van der Waals surface area contributed by atoms with Crippen molar-refractivity contribution in [2.75, 3.05) is 26.4 Å². The van der Waals surface area contributed by atoms with Gasteiger partial charge in [0.2, 0.25) is 0 Å². The zero-order chi connectivity index (χ0) is 38.9. The third kappa shape index (κ3) is 9.41. The van der Waals surface area contributed by atoms with E-state index in [1.807, 2.05) is 6.92 Å². The van der Waals surface area contributed by atoms with Crippen LogP contribution in [0, 0.1) is 34.5 Å². The van der Waals surface area contributed by atoms with E-state index in [-0.39, 0.29) is 40.7 Å². The summed E-state index contributed by atoms with van der Waals surface area (Å²) >= 11 is 7.33. The maximum Gasteiger partial charge on any atom is 0.192 e. The molecule has 4 aliphatic carbocycles. The van der Waals surface area contributed by atoms with E-state index in [1.54, 1.807) is 0 Å². The van der Waals surface area contributed by atoms with E-state index < -0.39 is 14.1 Å². The predicted molar refractivity (Wildman–Crippen MR) is 226 cm³/mol. The Morgan fingerprint density at radius 2 is 1.13 bits per heavy atom. The highest BCUT2D eigenvalue weighted by molar-refractivity contribution is 8.07. The van der Waals surface area contributed by atoms with Crippen molar-refractivity contribution >= 4 is 30.7 Å². The molecule has 2 heterocycles. The molecular formula is C44H74O6S2Si. The molecule has 2 aliphatic heterocycles. The molecule has 0 aromatic heterocycles. The Bertz CT molecular complexity index is 1220. The molecule has 9 heteroatoms. The predicted octanol–water partition coefficient (Wildman–Crippen LogP) is 10.7. The van der Waals surface area contributed by atoms with Crippen molar-refractivity contribution in [2.24, 2.45) is 34.5 Å². The third-order valence-electron chi connectivity index (χ3n) is 14.6. The van der Waals surface area contributed by atoms with Crippen molar-refractivity contribution in [2.45, 2.75) is 166 Å². The molecular weight excluding hydrogens is 717 g/mol. The number of fused-ring (bicyclic) bond motifs is 4. The fraction of sp³-hybridized carbons (Fsp3) is 0.818. The molecule has 6 aliphatic rings. The van der Waals surface area contributed by atoms with Gasteiger partial charge in [0.1, 0.15) is 0 Å². The van der Waals surface area contributed by atoms with Gasteiger partial charge >= 0.3 is 0 Å². The Balaban J connectivity index is 0.000000234. The molecule has 4 saturated carbocycles. The van der Waals surface area contributed by atoms with E-state index in [0.29, 0.717) is 31.5 Å². The van der Waals surface area contributed by atoms with Crippen LogP contribution < -0.4 is 0 Å². The highest BCUT2D eigenvalue weighted by Gasteiger charge is 2.65. The van der Waals surface area contributed by atoms with Crippen LogP contribution in [-0.2, 0) is 45.7 Å². The molecule has 6 fully saturated rings. The van der Waals surface area contributed by atoms with Crippen molar-refractivity contribution in [1.29, 1.82) is 0 Å². The van der Waals surface area contributed by atoms with Crippen LogP contribution in [0.25, 0.3) is 0 Å². The summed E-state index contributed by atoms with van der Waals surface area (Å²) in [5.74, 6) is 0.571. The highest BCUT2D eigenvalue weighted by Crippen LogP contribution is 2.65. The van der Waals surface area contributed by atoms with Gasteiger partial charge in [-0.2, -0.15) is 0 Å². The lowest BCUT2D eigenvalue weighted by Crippen LogP contribution is -2.53. The summed E-state index contributed by atoms with van der Waals surface area (Å²) < 4.78 is 32.3. The molecule has 6 nitrogen and oxygen atoms in total. The van der Waals surface area contributed by atoms with E-state index in [1.165, 1.54) is 62.2 Å². The van der Waals surface area contributed by atoms with E-state index in [9.17, 15) is 5.11 Å². The van der Waals surface area contributed by atoms with Crippen LogP contribution in [0.4, 0.5) is 0 Å². The number of hydrogen-bond acceptors (Lipinski definition) is 8. The number of aliphatic hydroxyl groups excluding tert-OH is 1. The normalized spacial score (nSPS) is 33.5. The second-order valence-corrected chi connectivity index (χ2v) is 22.3. The molecule has 302 valence electrons. The van der Waals surface area contributed by atoms with Crippen LogP contribution in [-0.4, -0.2) is 63.6 Å². The van der Waals surface area contributed by atoms with E-state index in [4.69, 9.17) is 23.4 Å². The second-order valence-electron chi connectivity index (χ2n) is 17.6. The van der Waals surface area contributed by atoms with Crippen molar-refractivity contribution in [1.82, 2.24) is 0 Å². The van der Waals surface area contributed by atoms with Gasteiger partial charge in [-0.25, -0.2) is 0 Å². The molecule has 53 heavy (non-hydrogen) atoms. The van der Waals surface area contributed by atoms with E-state index in [2.05, 4.69) is 88.5 Å². The second kappa shape index (κ2) is 19.7. The first-order chi connectivity index (χ1) is 25.4. The average molecular weight is 791 g/mol. The Morgan fingerprint density at radius 1 is 0.717 bits per heavy atom. The van der Waals surface area contributed by atoms with Crippen molar-refractivity contribution in [3.63, 3.8) is 0 Å². The summed E-state index contributed by atoms with van der Waals surface area (Å²) in [5.41, 5.74) is 2.75. The average Bonchev–Trinajstić information content (AvgIpc) is 3.96. The molecule has 2 spiro atoms. The van der Waals surface area contributed by atoms with E-state index in [0.717, 1.165) is 63.7 Å². The number of allylic oxidation sites excluding steroid dienone is 2. The van der Waals surface area contributed by atoms with Gasteiger partial charge in [0.25, 0.3) is 0 Å². The van der Waals surface area contributed by atoms with Gasteiger partial charge in [-0.3, -0.25) is 0 Å². The van der Waals surface area contributed by atoms with Crippen molar-refractivity contribution in [3.8, 4) is 0 Å². The fourth-order valence-electron chi connectivity index (χ4n) is 12.3. The summed E-state index contributed by atoms with van der Waals surface area (Å²) in [4.78, 5) is 0. The number of hydrogen-bond donors (Lipinski definition) is 1. The smallest absolute Gasteiger partial charge is 0.192 e. The largest absolute Gasteiger partial charge is 0.413 e. The minimum Gasteiger partial charge on any atom is -0.413 e. The minimum atomic E-state index is -1.71. The summed E-state index contributed by atoms with van der Waals surface area (Å²) in [6.07, 6.45) is 19.3. The Hall–Kier alpha value is -0.623. The van der Waals surface area contributed by atoms with Gasteiger partial charge in [0.05, 0.1) is 38.6 Å². The molecule has 2 saturated heterocycles. The molecule has 0 aromatic carbocycles. The van der Waals surface area contributed by atoms with Gasteiger partial charge in [-0.1, -0.05) is 56.9 Å². The zero-order valence-corrected chi connectivity index (χ0v) is 36.7. The van der Waals surface area contributed by atoms with Crippen LogP contribution in [0.15, 0.2) is 49.6 Å². The Labute approximate surface area is 334 Å². The summed E-state index contributed by atoms with van der Waals surface area (Å²) in [6, 6.07) is 3.58. The number of ether oxygens (including phenoxy) is 4. The van der Waals surface area contributed by atoms with Crippen LogP contribution in [0.5, 0.6) is 0 Å². The van der Waals surface area contributed by atoms with Crippen LogP contribution in [0.1, 0.15) is 125 Å². The third-order valence-corrected chi connectivity index (χ3v) is 19.2. The molecule has 8 atom stereocenters. The fourth-order valence-corrected chi connectivity index (χ4v) is 15.2. The van der Waals surface area contributed by atoms with Crippen LogP contribution in [0.3, 0.4) is 0 Å². The van der Waals surface area contributed by atoms with Gasteiger partial charge in [0.15, 0.2) is 19.9 Å². The first-order valence-electron chi connectivity index (χ1n) is 21.0. The molecule has 1 N–H and O–H groups in total.